The minimum absolute atomic E-state index is 0.149. The molecule has 0 unspecified atom stereocenters. The molecule has 0 saturated carbocycles. The number of hydrogen-bond acceptors (Lipinski definition) is 5. The van der Waals surface area contributed by atoms with Crippen LogP contribution in [0.5, 0.6) is 17.2 Å². The molecular weight excluding hydrogens is 402 g/mol. The van der Waals surface area contributed by atoms with Crippen molar-refractivity contribution in [1.82, 2.24) is 0 Å². The lowest BCUT2D eigenvalue weighted by Crippen LogP contribution is -2.19. The summed E-state index contributed by atoms with van der Waals surface area (Å²) in [4.78, 5) is 12.3. The molecule has 0 radical (unpaired) electrons. The predicted octanol–water partition coefficient (Wildman–Crippen LogP) is 5.54. The van der Waals surface area contributed by atoms with E-state index >= 15 is 0 Å². The molecular formula is C27H25NO4. The maximum Gasteiger partial charge on any atom is 0.349 e. The third kappa shape index (κ3) is 5.55. The monoisotopic (exact) mass is 427 g/mol. The predicted molar refractivity (Wildman–Crippen MR) is 124 cm³/mol. The molecule has 3 aromatic carbocycles. The van der Waals surface area contributed by atoms with Crippen LogP contribution >= 0.6 is 0 Å². The minimum Gasteiger partial charge on any atom is -0.493 e. The number of benzene rings is 3. The van der Waals surface area contributed by atoms with Gasteiger partial charge in [0.15, 0.2) is 18.1 Å². The van der Waals surface area contributed by atoms with Gasteiger partial charge in [-0.2, -0.15) is 5.26 Å². The van der Waals surface area contributed by atoms with Crippen LogP contribution in [0.25, 0.3) is 6.08 Å². The van der Waals surface area contributed by atoms with Gasteiger partial charge in [0.2, 0.25) is 0 Å². The van der Waals surface area contributed by atoms with Gasteiger partial charge in [0.25, 0.3) is 0 Å². The fraction of sp³-hybridized carbons (Fsp3) is 0.185. The average molecular weight is 428 g/mol. The van der Waals surface area contributed by atoms with Crippen LogP contribution < -0.4 is 14.2 Å². The lowest BCUT2D eigenvalue weighted by atomic mass is 9.78. The smallest absolute Gasteiger partial charge is 0.349 e. The van der Waals surface area contributed by atoms with Crippen LogP contribution in [0.1, 0.15) is 30.5 Å². The number of esters is 1. The van der Waals surface area contributed by atoms with Crippen molar-refractivity contribution in [3.05, 3.63) is 95.6 Å². The number of ether oxygens (including phenoxy) is 3. The van der Waals surface area contributed by atoms with Gasteiger partial charge >= 0.3 is 5.97 Å². The van der Waals surface area contributed by atoms with E-state index in [0.29, 0.717) is 11.5 Å². The van der Waals surface area contributed by atoms with Gasteiger partial charge in [-0.05, 0) is 47.0 Å². The summed E-state index contributed by atoms with van der Waals surface area (Å²) in [6.07, 6.45) is 3.00. The molecule has 0 aromatic heterocycles. The van der Waals surface area contributed by atoms with E-state index in [1.54, 1.807) is 24.3 Å². The molecule has 162 valence electrons. The van der Waals surface area contributed by atoms with Crippen molar-refractivity contribution >= 4 is 12.0 Å². The molecule has 32 heavy (non-hydrogen) atoms. The first-order chi connectivity index (χ1) is 15.4. The molecule has 3 aromatic rings. The van der Waals surface area contributed by atoms with Crippen molar-refractivity contribution in [2.75, 3.05) is 13.7 Å². The van der Waals surface area contributed by atoms with Gasteiger partial charge in [-0.15, -0.1) is 0 Å². The molecule has 3 rings (SSSR count). The van der Waals surface area contributed by atoms with Crippen LogP contribution in [0.3, 0.4) is 0 Å². The molecule has 0 atom stereocenters. The standard InChI is InChI=1S/C27H25NO4/c1-27(2,21-9-5-4-6-10-21)22-12-14-23(15-13-22)31-19-26(29)32-24-16-11-20(8-7-17-28)18-25(24)30-3/h4-16,18H,19H2,1-3H3/b8-7-. The maximum absolute atomic E-state index is 12.3. The molecule has 0 heterocycles. The van der Waals surface area contributed by atoms with Gasteiger partial charge in [0, 0.05) is 11.5 Å². The Hall–Kier alpha value is -4.04. The van der Waals surface area contributed by atoms with E-state index in [0.717, 1.165) is 11.1 Å². The molecule has 0 aliphatic rings. The van der Waals surface area contributed by atoms with E-state index in [9.17, 15) is 4.79 Å². The van der Waals surface area contributed by atoms with E-state index in [1.165, 1.54) is 18.7 Å². The molecule has 5 heteroatoms. The molecule has 5 nitrogen and oxygen atoms in total. The van der Waals surface area contributed by atoms with Crippen molar-refractivity contribution in [2.45, 2.75) is 19.3 Å². The number of hydrogen-bond donors (Lipinski definition) is 0. The normalized spacial score (nSPS) is 11.1. The Labute approximate surface area is 188 Å². The first-order valence-corrected chi connectivity index (χ1v) is 10.2. The van der Waals surface area contributed by atoms with E-state index < -0.39 is 5.97 Å². The van der Waals surface area contributed by atoms with Crippen LogP contribution in [0, 0.1) is 11.3 Å². The molecule has 0 saturated heterocycles. The maximum atomic E-state index is 12.3. The summed E-state index contributed by atoms with van der Waals surface area (Å²) in [5, 5.41) is 8.64. The number of methoxy groups -OCH3 is 1. The van der Waals surface area contributed by atoms with Crippen LogP contribution in [0.2, 0.25) is 0 Å². The van der Waals surface area contributed by atoms with Gasteiger partial charge in [0.1, 0.15) is 5.75 Å². The highest BCUT2D eigenvalue weighted by Gasteiger charge is 2.22. The fourth-order valence-corrected chi connectivity index (χ4v) is 3.29. The Kier molecular flexibility index (Phi) is 7.30. The second-order valence-corrected chi connectivity index (χ2v) is 7.65. The van der Waals surface area contributed by atoms with E-state index in [2.05, 4.69) is 26.0 Å². The Bertz CT molecular complexity index is 1130. The topological polar surface area (TPSA) is 68.5 Å². The summed E-state index contributed by atoms with van der Waals surface area (Å²) in [6, 6.07) is 25.0. The second kappa shape index (κ2) is 10.3. The highest BCUT2D eigenvalue weighted by atomic mass is 16.6. The summed E-state index contributed by atoms with van der Waals surface area (Å²) in [5.41, 5.74) is 2.98. The first-order valence-electron chi connectivity index (χ1n) is 10.2. The lowest BCUT2D eigenvalue weighted by Gasteiger charge is -2.26. The highest BCUT2D eigenvalue weighted by Crippen LogP contribution is 2.32. The number of nitriles is 1. The van der Waals surface area contributed by atoms with Crippen molar-refractivity contribution in [1.29, 1.82) is 5.26 Å². The Balaban J connectivity index is 1.61. The number of rotatable bonds is 8. The Morgan fingerprint density at radius 2 is 1.66 bits per heavy atom. The van der Waals surface area contributed by atoms with Gasteiger partial charge in [-0.1, -0.05) is 62.4 Å². The van der Waals surface area contributed by atoms with Gasteiger partial charge in [-0.25, -0.2) is 4.79 Å². The van der Waals surface area contributed by atoms with Crippen molar-refractivity contribution in [2.24, 2.45) is 0 Å². The Morgan fingerprint density at radius 3 is 2.31 bits per heavy atom. The van der Waals surface area contributed by atoms with Crippen LogP contribution in [0.15, 0.2) is 78.9 Å². The lowest BCUT2D eigenvalue weighted by molar-refractivity contribution is -0.136. The van der Waals surface area contributed by atoms with E-state index in [4.69, 9.17) is 19.5 Å². The van der Waals surface area contributed by atoms with Gasteiger partial charge in [0.05, 0.1) is 13.2 Å². The molecule has 0 aliphatic heterocycles. The zero-order valence-electron chi connectivity index (χ0n) is 18.4. The van der Waals surface area contributed by atoms with E-state index in [1.807, 2.05) is 48.5 Å². The zero-order valence-corrected chi connectivity index (χ0v) is 18.4. The number of nitrogens with zero attached hydrogens (tertiary/aromatic N) is 1. The zero-order chi connectivity index (χ0) is 23.0. The molecule has 0 fully saturated rings. The molecule has 0 bridgehead atoms. The molecule has 0 spiro atoms. The molecule has 0 aliphatic carbocycles. The second-order valence-electron chi connectivity index (χ2n) is 7.65. The minimum atomic E-state index is -0.544. The summed E-state index contributed by atoms with van der Waals surface area (Å²) in [6.45, 7) is 4.11. The number of carbonyl (C=O) groups is 1. The third-order valence-corrected chi connectivity index (χ3v) is 5.19. The summed E-state index contributed by atoms with van der Waals surface area (Å²) < 4.78 is 16.3. The number of allylic oxidation sites excluding steroid dienone is 1. The van der Waals surface area contributed by atoms with Crippen LogP contribution in [-0.2, 0) is 10.2 Å². The van der Waals surface area contributed by atoms with E-state index in [-0.39, 0.29) is 17.8 Å². The van der Waals surface area contributed by atoms with Crippen LogP contribution in [-0.4, -0.2) is 19.7 Å². The third-order valence-electron chi connectivity index (χ3n) is 5.19. The SMILES string of the molecule is COc1cc(/C=C\C#N)ccc1OC(=O)COc1ccc(C(C)(C)c2ccccc2)cc1. The van der Waals surface area contributed by atoms with Gasteiger partial charge in [-0.3, -0.25) is 0 Å². The highest BCUT2D eigenvalue weighted by molar-refractivity contribution is 5.75. The van der Waals surface area contributed by atoms with Crippen molar-refractivity contribution in [3.63, 3.8) is 0 Å². The number of carbonyl (C=O) groups excluding carboxylic acids is 1. The first kappa shape index (κ1) is 22.6. The van der Waals surface area contributed by atoms with Crippen LogP contribution in [0.4, 0.5) is 0 Å². The van der Waals surface area contributed by atoms with Crippen molar-refractivity contribution < 1.29 is 19.0 Å². The summed E-state index contributed by atoms with van der Waals surface area (Å²) in [7, 11) is 1.49. The molecule has 0 N–H and O–H groups in total. The largest absolute Gasteiger partial charge is 0.493 e. The molecule has 0 amide bonds. The average Bonchev–Trinajstić information content (AvgIpc) is 2.83. The summed E-state index contributed by atoms with van der Waals surface area (Å²) in [5.74, 6) is 0.719. The quantitative estimate of drug-likeness (QED) is 0.268. The van der Waals surface area contributed by atoms with Gasteiger partial charge < -0.3 is 14.2 Å². The van der Waals surface area contributed by atoms with Crippen molar-refractivity contribution in [3.8, 4) is 23.3 Å². The Morgan fingerprint density at radius 1 is 0.969 bits per heavy atom. The fourth-order valence-electron chi connectivity index (χ4n) is 3.29. The summed E-state index contributed by atoms with van der Waals surface area (Å²) >= 11 is 0.